The van der Waals surface area contributed by atoms with E-state index in [1.807, 2.05) is 37.3 Å². The number of hydrogen-bond acceptors (Lipinski definition) is 3. The number of rotatable bonds is 4. The lowest BCUT2D eigenvalue weighted by Gasteiger charge is -2.11. The summed E-state index contributed by atoms with van der Waals surface area (Å²) in [6.07, 6.45) is 0. The van der Waals surface area contributed by atoms with Gasteiger partial charge < -0.3 is 5.32 Å². The minimum Gasteiger partial charge on any atom is -0.351 e. The Bertz CT molecular complexity index is 875. The van der Waals surface area contributed by atoms with Gasteiger partial charge in [0.25, 0.3) is 5.56 Å². The molecule has 23 heavy (non-hydrogen) atoms. The molecule has 116 valence electrons. The van der Waals surface area contributed by atoms with Crippen molar-refractivity contribution in [1.29, 1.82) is 0 Å². The van der Waals surface area contributed by atoms with E-state index in [2.05, 4.69) is 10.4 Å². The highest BCUT2D eigenvalue weighted by Gasteiger charge is 2.09. The Morgan fingerprint density at radius 3 is 2.57 bits per heavy atom. The predicted octanol–water partition coefficient (Wildman–Crippen LogP) is 3.81. The highest BCUT2D eigenvalue weighted by molar-refractivity contribution is 5.66. The molecule has 0 saturated heterocycles. The van der Waals surface area contributed by atoms with Crippen LogP contribution in [0.1, 0.15) is 6.92 Å². The van der Waals surface area contributed by atoms with Crippen molar-refractivity contribution in [3.63, 3.8) is 0 Å². The van der Waals surface area contributed by atoms with Crippen molar-refractivity contribution in [2.75, 3.05) is 5.32 Å². The van der Waals surface area contributed by atoms with E-state index in [1.165, 1.54) is 16.8 Å². The number of aromatic nitrogens is 2. The maximum absolute atomic E-state index is 13.3. The quantitative estimate of drug-likeness (QED) is 0.797. The molecule has 0 atom stereocenters. The van der Waals surface area contributed by atoms with Gasteiger partial charge in [-0.05, 0) is 31.2 Å². The number of anilines is 2. The second-order valence-corrected chi connectivity index (χ2v) is 5.07. The van der Waals surface area contributed by atoms with E-state index < -0.39 is 0 Å². The third-order valence-corrected chi connectivity index (χ3v) is 3.45. The number of aryl methyl sites for hydroxylation is 1. The molecule has 1 aromatic heterocycles. The van der Waals surface area contributed by atoms with E-state index in [1.54, 1.807) is 18.2 Å². The van der Waals surface area contributed by atoms with Crippen molar-refractivity contribution >= 4 is 11.4 Å². The Labute approximate surface area is 133 Å². The van der Waals surface area contributed by atoms with E-state index in [-0.39, 0.29) is 11.4 Å². The number of hydrogen-bond donors (Lipinski definition) is 1. The normalized spacial score (nSPS) is 10.5. The smallest absolute Gasteiger partial charge is 0.290 e. The van der Waals surface area contributed by atoms with Gasteiger partial charge in [0.1, 0.15) is 11.5 Å². The van der Waals surface area contributed by atoms with Gasteiger partial charge in [-0.15, -0.1) is 0 Å². The second-order valence-electron chi connectivity index (χ2n) is 5.07. The fourth-order valence-corrected chi connectivity index (χ4v) is 2.32. The Hall–Kier alpha value is -2.95. The molecule has 0 aliphatic carbocycles. The van der Waals surface area contributed by atoms with Crippen LogP contribution in [-0.4, -0.2) is 9.78 Å². The summed E-state index contributed by atoms with van der Waals surface area (Å²) in [5.41, 5.74) is 2.25. The summed E-state index contributed by atoms with van der Waals surface area (Å²) in [6.45, 7) is 2.31. The minimum atomic E-state index is -0.358. The first-order chi connectivity index (χ1) is 11.2. The first-order valence-electron chi connectivity index (χ1n) is 7.37. The first-order valence-corrected chi connectivity index (χ1v) is 7.37. The Morgan fingerprint density at radius 1 is 1.09 bits per heavy atom. The van der Waals surface area contributed by atoms with Gasteiger partial charge >= 0.3 is 0 Å². The van der Waals surface area contributed by atoms with E-state index >= 15 is 0 Å². The Balaban J connectivity index is 2.07. The number of benzene rings is 2. The molecule has 0 unspecified atom stereocenters. The maximum atomic E-state index is 13.3. The summed E-state index contributed by atoms with van der Waals surface area (Å²) in [6, 6.07) is 17.3. The maximum Gasteiger partial charge on any atom is 0.290 e. The zero-order chi connectivity index (χ0) is 16.2. The molecule has 4 nitrogen and oxygen atoms in total. The number of nitrogens with zero attached hydrogens (tertiary/aromatic N) is 2. The molecular formula is C18H16FN3O. The lowest BCUT2D eigenvalue weighted by molar-refractivity contribution is 0.620. The standard InChI is InChI=1S/C18H16FN3O/c1-2-22-18(23)17(20-15-10-6-9-14(19)11-15)12-16(21-22)13-7-4-3-5-8-13/h3-12,20H,2H2,1H3. The summed E-state index contributed by atoms with van der Waals surface area (Å²) in [4.78, 5) is 12.4. The van der Waals surface area contributed by atoms with Crippen LogP contribution < -0.4 is 10.9 Å². The van der Waals surface area contributed by atoms with Crippen molar-refractivity contribution in [1.82, 2.24) is 9.78 Å². The topological polar surface area (TPSA) is 46.9 Å². The van der Waals surface area contributed by atoms with E-state index in [0.29, 0.717) is 23.6 Å². The average molecular weight is 309 g/mol. The van der Waals surface area contributed by atoms with Gasteiger partial charge in [-0.25, -0.2) is 9.07 Å². The fourth-order valence-electron chi connectivity index (χ4n) is 2.32. The van der Waals surface area contributed by atoms with Crippen molar-refractivity contribution in [3.05, 3.63) is 76.8 Å². The van der Waals surface area contributed by atoms with Gasteiger partial charge in [0, 0.05) is 17.8 Å². The van der Waals surface area contributed by atoms with Crippen LogP contribution >= 0.6 is 0 Å². The van der Waals surface area contributed by atoms with E-state index in [0.717, 1.165) is 5.56 Å². The Morgan fingerprint density at radius 2 is 1.87 bits per heavy atom. The number of nitrogens with one attached hydrogen (secondary N) is 1. The molecule has 0 aliphatic heterocycles. The van der Waals surface area contributed by atoms with Gasteiger partial charge in [0.05, 0.1) is 5.69 Å². The number of halogens is 1. The molecular weight excluding hydrogens is 293 g/mol. The SMILES string of the molecule is CCn1nc(-c2ccccc2)cc(Nc2cccc(F)c2)c1=O. The highest BCUT2D eigenvalue weighted by Crippen LogP contribution is 2.20. The molecule has 0 aliphatic rings. The summed E-state index contributed by atoms with van der Waals surface area (Å²) in [5, 5.41) is 7.36. The molecule has 0 spiro atoms. The van der Waals surface area contributed by atoms with E-state index in [4.69, 9.17) is 0 Å². The largest absolute Gasteiger partial charge is 0.351 e. The molecule has 1 N–H and O–H groups in total. The third-order valence-electron chi connectivity index (χ3n) is 3.45. The molecule has 0 amide bonds. The van der Waals surface area contributed by atoms with Gasteiger partial charge in [0.2, 0.25) is 0 Å². The summed E-state index contributed by atoms with van der Waals surface area (Å²) in [5.74, 6) is -0.358. The third kappa shape index (κ3) is 3.29. The lowest BCUT2D eigenvalue weighted by Crippen LogP contribution is -2.24. The molecule has 0 saturated carbocycles. The molecule has 0 fully saturated rings. The zero-order valence-corrected chi connectivity index (χ0v) is 12.7. The predicted molar refractivity (Wildman–Crippen MR) is 89.3 cm³/mol. The van der Waals surface area contributed by atoms with Crippen molar-refractivity contribution in [2.24, 2.45) is 0 Å². The van der Waals surface area contributed by atoms with Crippen molar-refractivity contribution < 1.29 is 4.39 Å². The monoisotopic (exact) mass is 309 g/mol. The van der Waals surface area contributed by atoms with Crippen LogP contribution in [0, 0.1) is 5.82 Å². The fraction of sp³-hybridized carbons (Fsp3) is 0.111. The summed E-state index contributed by atoms with van der Waals surface area (Å²) < 4.78 is 14.7. The van der Waals surface area contributed by atoms with Crippen LogP contribution in [0.5, 0.6) is 0 Å². The molecule has 0 bridgehead atoms. The highest BCUT2D eigenvalue weighted by atomic mass is 19.1. The second kappa shape index (κ2) is 6.44. The van der Waals surface area contributed by atoms with Gasteiger partial charge in [-0.3, -0.25) is 4.79 Å². The van der Waals surface area contributed by atoms with Gasteiger partial charge in [-0.1, -0.05) is 36.4 Å². The van der Waals surface area contributed by atoms with Gasteiger partial charge in [0.15, 0.2) is 0 Å². The Kier molecular flexibility index (Phi) is 4.19. The lowest BCUT2D eigenvalue weighted by atomic mass is 10.1. The van der Waals surface area contributed by atoms with Gasteiger partial charge in [-0.2, -0.15) is 5.10 Å². The zero-order valence-electron chi connectivity index (χ0n) is 12.7. The molecule has 2 aromatic carbocycles. The van der Waals surface area contributed by atoms with Crippen molar-refractivity contribution in [2.45, 2.75) is 13.5 Å². The van der Waals surface area contributed by atoms with Crippen LogP contribution in [0.4, 0.5) is 15.8 Å². The van der Waals surface area contributed by atoms with Crippen molar-refractivity contribution in [3.8, 4) is 11.3 Å². The average Bonchev–Trinajstić information content (AvgIpc) is 2.57. The molecule has 5 heteroatoms. The van der Waals surface area contributed by atoms with Crippen LogP contribution in [-0.2, 0) is 6.54 Å². The molecule has 0 radical (unpaired) electrons. The molecule has 3 aromatic rings. The van der Waals surface area contributed by atoms with Crippen LogP contribution in [0.15, 0.2) is 65.5 Å². The van der Waals surface area contributed by atoms with Crippen LogP contribution in [0.3, 0.4) is 0 Å². The summed E-state index contributed by atoms with van der Waals surface area (Å²) in [7, 11) is 0. The molecule has 1 heterocycles. The molecule has 3 rings (SSSR count). The van der Waals surface area contributed by atoms with Crippen LogP contribution in [0.25, 0.3) is 11.3 Å². The van der Waals surface area contributed by atoms with E-state index in [9.17, 15) is 9.18 Å². The summed E-state index contributed by atoms with van der Waals surface area (Å²) >= 11 is 0. The minimum absolute atomic E-state index is 0.239. The first kappa shape index (κ1) is 15.0. The van der Waals surface area contributed by atoms with Crippen LogP contribution in [0.2, 0.25) is 0 Å².